The average Bonchev–Trinajstić information content (AvgIpc) is 3.27. The predicted molar refractivity (Wildman–Crippen MR) is 89.9 cm³/mol. The van der Waals surface area contributed by atoms with E-state index in [0.717, 1.165) is 31.5 Å². The molecule has 3 atom stereocenters. The topological polar surface area (TPSA) is 42.0 Å². The van der Waals surface area contributed by atoms with Crippen molar-refractivity contribution in [3.05, 3.63) is 35.6 Å². The van der Waals surface area contributed by atoms with Gasteiger partial charge in [-0.1, -0.05) is 18.2 Å². The Labute approximate surface area is 147 Å². The van der Waals surface area contributed by atoms with Gasteiger partial charge in [-0.25, -0.2) is 9.45 Å². The van der Waals surface area contributed by atoms with Crippen LogP contribution in [0.15, 0.2) is 24.3 Å². The molecule has 3 aliphatic heterocycles. The van der Waals surface area contributed by atoms with E-state index in [4.69, 9.17) is 9.57 Å². The summed E-state index contributed by atoms with van der Waals surface area (Å²) in [5, 5.41) is 1.49. The molecular formula is C19H25FN2O3. The minimum atomic E-state index is -0.138. The van der Waals surface area contributed by atoms with Gasteiger partial charge in [0.1, 0.15) is 5.82 Å². The summed E-state index contributed by atoms with van der Waals surface area (Å²) in [5.41, 5.74) is 0.748. The van der Waals surface area contributed by atoms with Gasteiger partial charge in [-0.05, 0) is 31.4 Å². The zero-order valence-corrected chi connectivity index (χ0v) is 14.4. The molecule has 3 aliphatic rings. The molecule has 0 spiro atoms. The smallest absolute Gasteiger partial charge is 0.248 e. The molecule has 3 fully saturated rings. The van der Waals surface area contributed by atoms with Crippen LogP contribution in [0.3, 0.4) is 0 Å². The molecule has 4 rings (SSSR count). The molecule has 0 N–H and O–H groups in total. The van der Waals surface area contributed by atoms with Crippen molar-refractivity contribution in [3.63, 3.8) is 0 Å². The van der Waals surface area contributed by atoms with Gasteiger partial charge in [0.05, 0.1) is 32.3 Å². The molecule has 1 amide bonds. The van der Waals surface area contributed by atoms with Crippen LogP contribution in [-0.4, -0.2) is 54.8 Å². The van der Waals surface area contributed by atoms with Crippen molar-refractivity contribution in [3.8, 4) is 0 Å². The lowest BCUT2D eigenvalue weighted by Crippen LogP contribution is -2.42. The average molecular weight is 348 g/mol. The minimum absolute atomic E-state index is 0.00249. The van der Waals surface area contributed by atoms with Crippen molar-refractivity contribution in [1.82, 2.24) is 9.96 Å². The summed E-state index contributed by atoms with van der Waals surface area (Å²) in [5.74, 6) is 0.750. The highest BCUT2D eigenvalue weighted by Gasteiger charge is 2.42. The first-order valence-electron chi connectivity index (χ1n) is 9.21. The summed E-state index contributed by atoms with van der Waals surface area (Å²) in [6.07, 6.45) is 2.32. The number of carbonyl (C=O) groups is 1. The quantitative estimate of drug-likeness (QED) is 0.837. The first-order chi connectivity index (χ1) is 12.2. The number of carbonyl (C=O) groups excluding carboxylic acids is 1. The van der Waals surface area contributed by atoms with E-state index >= 15 is 0 Å². The van der Waals surface area contributed by atoms with Gasteiger partial charge in [0.15, 0.2) is 0 Å². The number of hydrogen-bond acceptors (Lipinski definition) is 4. The van der Waals surface area contributed by atoms with E-state index in [9.17, 15) is 9.18 Å². The van der Waals surface area contributed by atoms with Crippen LogP contribution in [-0.2, 0) is 20.9 Å². The van der Waals surface area contributed by atoms with Crippen molar-refractivity contribution >= 4 is 5.91 Å². The van der Waals surface area contributed by atoms with E-state index < -0.39 is 0 Å². The zero-order valence-electron chi connectivity index (χ0n) is 14.4. The Hall–Kier alpha value is -1.50. The first kappa shape index (κ1) is 16.9. The number of amides is 1. The van der Waals surface area contributed by atoms with Gasteiger partial charge in [0, 0.05) is 24.6 Å². The van der Waals surface area contributed by atoms with Gasteiger partial charge < -0.3 is 4.74 Å². The van der Waals surface area contributed by atoms with Crippen LogP contribution in [0.2, 0.25) is 0 Å². The maximum Gasteiger partial charge on any atom is 0.248 e. The van der Waals surface area contributed by atoms with E-state index in [0.29, 0.717) is 44.6 Å². The Kier molecular flexibility index (Phi) is 5.01. The second-order valence-corrected chi connectivity index (χ2v) is 7.30. The summed E-state index contributed by atoms with van der Waals surface area (Å²) >= 11 is 0. The fourth-order valence-corrected chi connectivity index (χ4v) is 4.30. The number of fused-ring (bicyclic) bond motifs is 1. The summed E-state index contributed by atoms with van der Waals surface area (Å²) in [4.78, 5) is 19.9. The van der Waals surface area contributed by atoms with Crippen molar-refractivity contribution in [2.45, 2.75) is 31.9 Å². The Balaban J connectivity index is 1.31. The number of likely N-dealkylation sites (tertiary alicyclic amines) is 1. The third kappa shape index (κ3) is 3.71. The molecule has 136 valence electrons. The standard InChI is InChI=1S/C19H25FN2O3/c20-17-5-2-1-4-14(17)11-21-8-6-16-15(12-21)13-24-18(16)10-19(23)22-7-3-9-25-22/h1-2,4-5,15-16,18H,3,6-13H2/t15-,16+,18-/m1/s1. The van der Waals surface area contributed by atoms with Gasteiger partial charge in [-0.2, -0.15) is 0 Å². The molecule has 3 saturated heterocycles. The lowest BCUT2D eigenvalue weighted by Gasteiger charge is -2.35. The highest BCUT2D eigenvalue weighted by Crippen LogP contribution is 2.36. The SMILES string of the molecule is O=C(C[C@H]1OC[C@H]2CN(Cc3ccccc3F)CC[C@@H]21)N1CCCO1. The molecule has 0 saturated carbocycles. The Morgan fingerprint density at radius 2 is 2.16 bits per heavy atom. The van der Waals surface area contributed by atoms with Gasteiger partial charge in [-0.15, -0.1) is 0 Å². The van der Waals surface area contributed by atoms with Crippen LogP contribution in [0.25, 0.3) is 0 Å². The fourth-order valence-electron chi connectivity index (χ4n) is 4.30. The normalized spacial score (nSPS) is 29.8. The number of rotatable bonds is 4. The van der Waals surface area contributed by atoms with E-state index in [1.807, 2.05) is 12.1 Å². The van der Waals surface area contributed by atoms with Gasteiger partial charge in [0.25, 0.3) is 0 Å². The number of ether oxygens (including phenoxy) is 1. The molecule has 0 radical (unpaired) electrons. The Morgan fingerprint density at radius 1 is 1.28 bits per heavy atom. The summed E-state index contributed by atoms with van der Waals surface area (Å²) in [6, 6.07) is 6.97. The van der Waals surface area contributed by atoms with Crippen molar-refractivity contribution < 1.29 is 18.8 Å². The number of halogens is 1. The monoisotopic (exact) mass is 348 g/mol. The molecule has 6 heteroatoms. The molecule has 0 aromatic heterocycles. The molecule has 3 heterocycles. The maximum absolute atomic E-state index is 13.9. The molecule has 25 heavy (non-hydrogen) atoms. The van der Waals surface area contributed by atoms with E-state index in [1.165, 1.54) is 11.1 Å². The largest absolute Gasteiger partial charge is 0.377 e. The van der Waals surface area contributed by atoms with E-state index in [-0.39, 0.29) is 17.8 Å². The second-order valence-electron chi connectivity index (χ2n) is 7.30. The van der Waals surface area contributed by atoms with Crippen molar-refractivity contribution in [2.24, 2.45) is 11.8 Å². The number of nitrogens with zero attached hydrogens (tertiary/aromatic N) is 2. The number of hydroxylamine groups is 2. The lowest BCUT2D eigenvalue weighted by atomic mass is 9.83. The van der Waals surface area contributed by atoms with Gasteiger partial charge in [-0.3, -0.25) is 14.5 Å². The Bertz CT molecular complexity index is 620. The van der Waals surface area contributed by atoms with E-state index in [2.05, 4.69) is 4.90 Å². The molecule has 0 unspecified atom stereocenters. The number of hydrogen-bond donors (Lipinski definition) is 0. The third-order valence-corrected chi connectivity index (χ3v) is 5.64. The van der Waals surface area contributed by atoms with Crippen LogP contribution < -0.4 is 0 Å². The summed E-state index contributed by atoms with van der Waals surface area (Å²) < 4.78 is 19.8. The molecule has 0 bridgehead atoms. The highest BCUT2D eigenvalue weighted by atomic mass is 19.1. The number of benzene rings is 1. The molecule has 0 aliphatic carbocycles. The Morgan fingerprint density at radius 3 is 2.96 bits per heavy atom. The predicted octanol–water partition coefficient (Wildman–Crippen LogP) is 2.22. The molecule has 5 nitrogen and oxygen atoms in total. The van der Waals surface area contributed by atoms with Crippen LogP contribution in [0, 0.1) is 17.7 Å². The van der Waals surface area contributed by atoms with Crippen LogP contribution in [0.5, 0.6) is 0 Å². The summed E-state index contributed by atoms with van der Waals surface area (Å²) in [6.45, 7) is 4.48. The van der Waals surface area contributed by atoms with Crippen LogP contribution in [0.4, 0.5) is 4.39 Å². The van der Waals surface area contributed by atoms with E-state index in [1.54, 1.807) is 6.07 Å². The molecule has 1 aromatic carbocycles. The molecule has 1 aromatic rings. The highest BCUT2D eigenvalue weighted by molar-refractivity contribution is 5.75. The molecular weight excluding hydrogens is 323 g/mol. The van der Waals surface area contributed by atoms with Crippen LogP contribution in [0.1, 0.15) is 24.8 Å². The van der Waals surface area contributed by atoms with Crippen molar-refractivity contribution in [1.29, 1.82) is 0 Å². The summed E-state index contributed by atoms with van der Waals surface area (Å²) in [7, 11) is 0. The minimum Gasteiger partial charge on any atom is -0.377 e. The lowest BCUT2D eigenvalue weighted by molar-refractivity contribution is -0.171. The second kappa shape index (κ2) is 7.40. The number of piperidine rings is 1. The zero-order chi connectivity index (χ0) is 17.2. The van der Waals surface area contributed by atoms with Crippen LogP contribution >= 0.6 is 0 Å². The first-order valence-corrected chi connectivity index (χ1v) is 9.21. The maximum atomic E-state index is 13.9. The van der Waals surface area contributed by atoms with Gasteiger partial charge in [0.2, 0.25) is 5.91 Å². The van der Waals surface area contributed by atoms with Gasteiger partial charge >= 0.3 is 0 Å². The van der Waals surface area contributed by atoms with Crippen molar-refractivity contribution in [2.75, 3.05) is 32.8 Å². The fraction of sp³-hybridized carbons (Fsp3) is 0.632. The third-order valence-electron chi connectivity index (χ3n) is 5.64.